The SMILES string of the molecule is Cc1cc(CC(C)N)c(C)c(C)c1O. The largest absolute Gasteiger partial charge is 0.507 e. The summed E-state index contributed by atoms with van der Waals surface area (Å²) in [6, 6.07) is 2.19. The van der Waals surface area contributed by atoms with E-state index in [0.29, 0.717) is 5.75 Å². The van der Waals surface area contributed by atoms with Gasteiger partial charge in [0.25, 0.3) is 0 Å². The Morgan fingerprint density at radius 2 is 1.86 bits per heavy atom. The first-order valence-corrected chi connectivity index (χ1v) is 4.97. The van der Waals surface area contributed by atoms with Gasteiger partial charge in [0, 0.05) is 6.04 Å². The molecule has 2 nitrogen and oxygen atoms in total. The monoisotopic (exact) mass is 193 g/mol. The molecule has 2 heteroatoms. The van der Waals surface area contributed by atoms with Crippen molar-refractivity contribution >= 4 is 0 Å². The van der Waals surface area contributed by atoms with Crippen LogP contribution in [0.15, 0.2) is 6.07 Å². The van der Waals surface area contributed by atoms with Crippen molar-refractivity contribution in [2.24, 2.45) is 5.73 Å². The van der Waals surface area contributed by atoms with Gasteiger partial charge in [-0.1, -0.05) is 6.07 Å². The van der Waals surface area contributed by atoms with Crippen LogP contribution in [0.25, 0.3) is 0 Å². The number of aromatic hydroxyl groups is 1. The molecule has 0 spiro atoms. The highest BCUT2D eigenvalue weighted by atomic mass is 16.3. The van der Waals surface area contributed by atoms with Gasteiger partial charge >= 0.3 is 0 Å². The van der Waals surface area contributed by atoms with Crippen molar-refractivity contribution in [2.45, 2.75) is 40.2 Å². The summed E-state index contributed by atoms with van der Waals surface area (Å²) in [5, 5.41) is 9.71. The maximum absolute atomic E-state index is 9.71. The standard InChI is InChI=1S/C12H19NO/c1-7-5-11(6-8(2)13)9(3)10(4)12(7)14/h5,8,14H,6,13H2,1-4H3. The molecule has 0 saturated heterocycles. The summed E-state index contributed by atoms with van der Waals surface area (Å²) in [5.74, 6) is 0.413. The summed E-state index contributed by atoms with van der Waals surface area (Å²) >= 11 is 0. The number of aryl methyl sites for hydroxylation is 1. The number of rotatable bonds is 2. The van der Waals surface area contributed by atoms with Crippen molar-refractivity contribution in [3.63, 3.8) is 0 Å². The molecule has 1 unspecified atom stereocenters. The van der Waals surface area contributed by atoms with E-state index in [4.69, 9.17) is 5.73 Å². The Bertz CT molecular complexity index is 343. The normalized spacial score (nSPS) is 12.9. The van der Waals surface area contributed by atoms with Crippen molar-refractivity contribution < 1.29 is 5.11 Å². The zero-order valence-corrected chi connectivity index (χ0v) is 9.39. The molecule has 0 heterocycles. The molecule has 1 rings (SSSR count). The molecular formula is C12H19NO. The van der Waals surface area contributed by atoms with E-state index in [2.05, 4.69) is 0 Å². The summed E-state index contributed by atoms with van der Waals surface area (Å²) < 4.78 is 0. The second-order valence-corrected chi connectivity index (χ2v) is 4.13. The third-order valence-electron chi connectivity index (χ3n) is 2.71. The Kier molecular flexibility index (Phi) is 3.17. The van der Waals surface area contributed by atoms with Crippen LogP contribution in [0, 0.1) is 20.8 Å². The number of phenolic OH excluding ortho intramolecular Hbond substituents is 1. The molecule has 0 bridgehead atoms. The van der Waals surface area contributed by atoms with E-state index in [-0.39, 0.29) is 6.04 Å². The average Bonchev–Trinajstić information content (AvgIpc) is 2.10. The predicted molar refractivity (Wildman–Crippen MR) is 59.7 cm³/mol. The second-order valence-electron chi connectivity index (χ2n) is 4.13. The van der Waals surface area contributed by atoms with Crippen LogP contribution in [0.3, 0.4) is 0 Å². The molecular weight excluding hydrogens is 174 g/mol. The van der Waals surface area contributed by atoms with E-state index in [1.54, 1.807) is 0 Å². The summed E-state index contributed by atoms with van der Waals surface area (Å²) in [6.45, 7) is 7.90. The van der Waals surface area contributed by atoms with E-state index in [1.807, 2.05) is 33.8 Å². The molecule has 0 aliphatic rings. The number of phenols is 1. The lowest BCUT2D eigenvalue weighted by molar-refractivity contribution is 0.465. The molecule has 78 valence electrons. The zero-order chi connectivity index (χ0) is 10.9. The Balaban J connectivity index is 3.19. The average molecular weight is 193 g/mol. The van der Waals surface area contributed by atoms with Crippen LogP contribution in [0.4, 0.5) is 0 Å². The molecule has 0 fully saturated rings. The molecule has 14 heavy (non-hydrogen) atoms. The van der Waals surface area contributed by atoms with Crippen molar-refractivity contribution in [3.8, 4) is 5.75 Å². The summed E-state index contributed by atoms with van der Waals surface area (Å²) in [5.41, 5.74) is 10.1. The number of hydrogen-bond acceptors (Lipinski definition) is 2. The minimum Gasteiger partial charge on any atom is -0.507 e. The Labute approximate surface area is 85.8 Å². The van der Waals surface area contributed by atoms with E-state index in [1.165, 1.54) is 5.56 Å². The molecule has 0 aliphatic carbocycles. The third kappa shape index (κ3) is 2.07. The Morgan fingerprint density at radius 3 is 2.36 bits per heavy atom. The van der Waals surface area contributed by atoms with Gasteiger partial charge in [0.05, 0.1) is 0 Å². The molecule has 3 N–H and O–H groups in total. The molecule has 0 amide bonds. The molecule has 0 aromatic heterocycles. The van der Waals surface area contributed by atoms with Crippen molar-refractivity contribution in [3.05, 3.63) is 28.3 Å². The van der Waals surface area contributed by atoms with Crippen molar-refractivity contribution in [1.29, 1.82) is 0 Å². The van der Waals surface area contributed by atoms with E-state index < -0.39 is 0 Å². The highest BCUT2D eigenvalue weighted by Crippen LogP contribution is 2.27. The number of nitrogens with two attached hydrogens (primary N) is 1. The van der Waals surface area contributed by atoms with Gasteiger partial charge in [-0.15, -0.1) is 0 Å². The van der Waals surface area contributed by atoms with Gasteiger partial charge in [0.1, 0.15) is 5.75 Å². The highest BCUT2D eigenvalue weighted by Gasteiger charge is 2.09. The molecule has 1 atom stereocenters. The second kappa shape index (κ2) is 4.01. The Morgan fingerprint density at radius 1 is 1.29 bits per heavy atom. The maximum Gasteiger partial charge on any atom is 0.121 e. The van der Waals surface area contributed by atoms with Crippen molar-refractivity contribution in [1.82, 2.24) is 0 Å². The fourth-order valence-electron chi connectivity index (χ4n) is 1.71. The smallest absolute Gasteiger partial charge is 0.121 e. The molecule has 0 aliphatic heterocycles. The fourth-order valence-corrected chi connectivity index (χ4v) is 1.71. The third-order valence-corrected chi connectivity index (χ3v) is 2.71. The topological polar surface area (TPSA) is 46.2 Å². The first-order chi connectivity index (χ1) is 6.43. The van der Waals surface area contributed by atoms with Gasteiger partial charge in [-0.3, -0.25) is 0 Å². The Hall–Kier alpha value is -1.02. The van der Waals surface area contributed by atoms with Crippen LogP contribution in [0.5, 0.6) is 5.75 Å². The number of hydrogen-bond donors (Lipinski definition) is 2. The van der Waals surface area contributed by atoms with Gasteiger partial charge < -0.3 is 10.8 Å². The van der Waals surface area contributed by atoms with Gasteiger partial charge in [-0.25, -0.2) is 0 Å². The zero-order valence-electron chi connectivity index (χ0n) is 9.39. The van der Waals surface area contributed by atoms with E-state index >= 15 is 0 Å². The van der Waals surface area contributed by atoms with Crippen LogP contribution in [-0.2, 0) is 6.42 Å². The lowest BCUT2D eigenvalue weighted by Crippen LogP contribution is -2.18. The van der Waals surface area contributed by atoms with Crippen LogP contribution in [0.1, 0.15) is 29.2 Å². The lowest BCUT2D eigenvalue weighted by Gasteiger charge is -2.14. The van der Waals surface area contributed by atoms with Gasteiger partial charge in [-0.2, -0.15) is 0 Å². The van der Waals surface area contributed by atoms with Crippen LogP contribution >= 0.6 is 0 Å². The summed E-state index contributed by atoms with van der Waals surface area (Å²) in [7, 11) is 0. The van der Waals surface area contributed by atoms with Crippen LogP contribution in [0.2, 0.25) is 0 Å². The van der Waals surface area contributed by atoms with Gasteiger partial charge in [-0.05, 0) is 56.4 Å². The molecule has 0 radical (unpaired) electrons. The van der Waals surface area contributed by atoms with E-state index in [9.17, 15) is 5.11 Å². The van der Waals surface area contributed by atoms with Gasteiger partial charge in [0.2, 0.25) is 0 Å². The maximum atomic E-state index is 9.71. The number of benzene rings is 1. The minimum atomic E-state index is 0.164. The molecule has 0 saturated carbocycles. The van der Waals surface area contributed by atoms with E-state index in [0.717, 1.165) is 23.1 Å². The highest BCUT2D eigenvalue weighted by molar-refractivity contribution is 5.48. The van der Waals surface area contributed by atoms with Crippen LogP contribution in [-0.4, -0.2) is 11.1 Å². The van der Waals surface area contributed by atoms with Gasteiger partial charge in [0.15, 0.2) is 0 Å². The fraction of sp³-hybridized carbons (Fsp3) is 0.500. The minimum absolute atomic E-state index is 0.164. The molecule has 1 aromatic carbocycles. The first-order valence-electron chi connectivity index (χ1n) is 4.97. The quantitative estimate of drug-likeness (QED) is 0.756. The van der Waals surface area contributed by atoms with Crippen LogP contribution < -0.4 is 5.73 Å². The lowest BCUT2D eigenvalue weighted by atomic mass is 9.95. The first kappa shape index (κ1) is 11.1. The summed E-state index contributed by atoms with van der Waals surface area (Å²) in [6.07, 6.45) is 0.869. The van der Waals surface area contributed by atoms with Crippen molar-refractivity contribution in [2.75, 3.05) is 0 Å². The summed E-state index contributed by atoms with van der Waals surface area (Å²) in [4.78, 5) is 0. The predicted octanol–water partition coefficient (Wildman–Crippen LogP) is 2.21. The molecule has 1 aromatic rings.